The number of rotatable bonds is 4. The minimum atomic E-state index is -0.224. The van der Waals surface area contributed by atoms with E-state index in [-0.39, 0.29) is 5.91 Å². The number of carbonyl (C=O) groups is 1. The number of carbonyl (C=O) groups excluding carboxylic acids is 1. The topological polar surface area (TPSA) is 72.7 Å². The van der Waals surface area contributed by atoms with E-state index >= 15 is 0 Å². The first kappa shape index (κ1) is 16.2. The van der Waals surface area contributed by atoms with Crippen molar-refractivity contribution in [1.29, 1.82) is 0 Å². The Morgan fingerprint density at radius 2 is 2.20 bits per heavy atom. The highest BCUT2D eigenvalue weighted by atomic mass is 35.5. The summed E-state index contributed by atoms with van der Waals surface area (Å²) < 4.78 is 2.50. The van der Waals surface area contributed by atoms with Crippen molar-refractivity contribution in [3.05, 3.63) is 45.6 Å². The van der Waals surface area contributed by atoms with Crippen molar-refractivity contribution in [3.63, 3.8) is 0 Å². The molecule has 3 aromatic heterocycles. The van der Waals surface area contributed by atoms with Crippen LogP contribution in [0.3, 0.4) is 0 Å². The third kappa shape index (κ3) is 3.15. The maximum atomic E-state index is 12.5. The summed E-state index contributed by atoms with van der Waals surface area (Å²) >= 11 is 8.78. The van der Waals surface area contributed by atoms with Gasteiger partial charge in [0.05, 0.1) is 20.4 Å². The second kappa shape index (κ2) is 6.55. The largest absolute Gasteiger partial charge is 0.298 e. The van der Waals surface area contributed by atoms with Gasteiger partial charge in [-0.1, -0.05) is 16.8 Å². The summed E-state index contributed by atoms with van der Waals surface area (Å²) in [6.45, 7) is 2.73. The van der Waals surface area contributed by atoms with Gasteiger partial charge in [-0.05, 0) is 37.3 Å². The molecular formula is C16H12ClN5OS2. The van der Waals surface area contributed by atoms with Crippen molar-refractivity contribution in [2.45, 2.75) is 13.5 Å². The molecule has 1 N–H and O–H groups in total. The van der Waals surface area contributed by atoms with Gasteiger partial charge in [0.15, 0.2) is 5.13 Å². The zero-order valence-corrected chi connectivity index (χ0v) is 15.5. The van der Waals surface area contributed by atoms with E-state index < -0.39 is 0 Å². The van der Waals surface area contributed by atoms with Gasteiger partial charge in [-0.15, -0.1) is 27.8 Å². The van der Waals surface area contributed by atoms with Crippen LogP contribution in [0.15, 0.2) is 35.7 Å². The summed E-state index contributed by atoms with van der Waals surface area (Å²) in [6, 6.07) is 9.10. The Kier molecular flexibility index (Phi) is 4.24. The van der Waals surface area contributed by atoms with Crippen LogP contribution in [0.25, 0.3) is 21.6 Å². The Hall–Kier alpha value is -2.29. The van der Waals surface area contributed by atoms with E-state index in [0.29, 0.717) is 20.5 Å². The van der Waals surface area contributed by atoms with Crippen LogP contribution in [0.5, 0.6) is 0 Å². The van der Waals surface area contributed by atoms with Crippen LogP contribution in [0, 0.1) is 0 Å². The van der Waals surface area contributed by atoms with E-state index in [0.717, 1.165) is 22.6 Å². The van der Waals surface area contributed by atoms with Crippen molar-refractivity contribution >= 4 is 56.3 Å². The van der Waals surface area contributed by atoms with Crippen LogP contribution in [-0.4, -0.2) is 25.9 Å². The molecule has 0 aliphatic rings. The maximum absolute atomic E-state index is 12.5. The normalized spacial score (nSPS) is 11.1. The van der Waals surface area contributed by atoms with E-state index in [1.807, 2.05) is 30.5 Å². The third-order valence-corrected chi connectivity index (χ3v) is 5.64. The molecule has 9 heteroatoms. The molecule has 1 aromatic carbocycles. The van der Waals surface area contributed by atoms with Crippen LogP contribution >= 0.6 is 34.3 Å². The van der Waals surface area contributed by atoms with Crippen LogP contribution in [0.4, 0.5) is 5.13 Å². The summed E-state index contributed by atoms with van der Waals surface area (Å²) in [5.41, 5.74) is 2.93. The lowest BCUT2D eigenvalue weighted by Gasteiger charge is -2.02. The number of benzene rings is 1. The maximum Gasteiger partial charge on any atom is 0.257 e. The lowest BCUT2D eigenvalue weighted by atomic mass is 10.2. The number of aryl methyl sites for hydroxylation is 1. The van der Waals surface area contributed by atoms with Gasteiger partial charge in [0, 0.05) is 17.5 Å². The van der Waals surface area contributed by atoms with Crippen molar-refractivity contribution in [2.24, 2.45) is 0 Å². The van der Waals surface area contributed by atoms with E-state index in [9.17, 15) is 4.79 Å². The Morgan fingerprint density at radius 1 is 1.32 bits per heavy atom. The lowest BCUT2D eigenvalue weighted by molar-refractivity contribution is 0.102. The summed E-state index contributed by atoms with van der Waals surface area (Å²) in [5, 5.41) is 13.4. The quantitative estimate of drug-likeness (QED) is 0.556. The molecule has 0 aliphatic heterocycles. The number of amides is 1. The molecule has 126 valence electrons. The molecule has 6 nitrogen and oxygen atoms in total. The highest BCUT2D eigenvalue weighted by molar-refractivity contribution is 7.20. The second-order valence-corrected chi connectivity index (χ2v) is 7.78. The number of hydrogen-bond acceptors (Lipinski definition) is 6. The van der Waals surface area contributed by atoms with Gasteiger partial charge in [-0.25, -0.2) is 9.67 Å². The molecule has 0 saturated carbocycles. The average Bonchev–Trinajstić information content (AvgIpc) is 3.33. The minimum absolute atomic E-state index is 0.224. The van der Waals surface area contributed by atoms with Gasteiger partial charge in [0.2, 0.25) is 0 Å². The van der Waals surface area contributed by atoms with Gasteiger partial charge >= 0.3 is 0 Å². The molecule has 0 radical (unpaired) electrons. The summed E-state index contributed by atoms with van der Waals surface area (Å²) in [6.07, 6.45) is 0. The van der Waals surface area contributed by atoms with Crippen molar-refractivity contribution < 1.29 is 4.79 Å². The number of thiazole rings is 1. The Bertz CT molecular complexity index is 1070. The van der Waals surface area contributed by atoms with Crippen molar-refractivity contribution in [2.75, 3.05) is 5.32 Å². The molecule has 0 saturated heterocycles. The number of aromatic nitrogens is 4. The Morgan fingerprint density at radius 3 is 2.96 bits per heavy atom. The van der Waals surface area contributed by atoms with Gasteiger partial charge < -0.3 is 0 Å². The first-order valence-corrected chi connectivity index (χ1v) is 9.57. The van der Waals surface area contributed by atoms with E-state index in [1.165, 1.54) is 22.7 Å². The Balaban J connectivity index is 1.55. The number of nitrogens with zero attached hydrogens (tertiary/aromatic N) is 4. The number of hydrogen-bond donors (Lipinski definition) is 1. The minimum Gasteiger partial charge on any atom is -0.298 e. The summed E-state index contributed by atoms with van der Waals surface area (Å²) in [5.74, 6) is -0.224. The lowest BCUT2D eigenvalue weighted by Crippen LogP contribution is -2.11. The van der Waals surface area contributed by atoms with Gasteiger partial charge in [-0.2, -0.15) is 0 Å². The number of thiophene rings is 1. The van der Waals surface area contributed by atoms with Crippen LogP contribution < -0.4 is 5.32 Å². The number of fused-ring (bicyclic) bond motifs is 1. The van der Waals surface area contributed by atoms with Gasteiger partial charge in [0.1, 0.15) is 5.52 Å². The third-order valence-electron chi connectivity index (χ3n) is 3.63. The van der Waals surface area contributed by atoms with E-state index in [1.54, 1.807) is 16.8 Å². The fraction of sp³-hybridized carbons (Fsp3) is 0.125. The predicted octanol–water partition coefficient (Wildman–Crippen LogP) is 4.54. The van der Waals surface area contributed by atoms with E-state index in [4.69, 9.17) is 11.6 Å². The zero-order chi connectivity index (χ0) is 17.4. The smallest absolute Gasteiger partial charge is 0.257 e. The SMILES string of the molecule is CCn1nnc2cc(C(=O)Nc3nc(-c4ccc(Cl)s4)cs3)ccc21. The fourth-order valence-corrected chi connectivity index (χ4v) is 4.20. The second-order valence-electron chi connectivity index (χ2n) is 5.20. The molecule has 4 rings (SSSR count). The molecule has 1 amide bonds. The monoisotopic (exact) mass is 389 g/mol. The van der Waals surface area contributed by atoms with E-state index in [2.05, 4.69) is 20.6 Å². The first-order valence-electron chi connectivity index (χ1n) is 7.50. The highest BCUT2D eigenvalue weighted by Gasteiger charge is 2.13. The first-order chi connectivity index (χ1) is 12.1. The zero-order valence-electron chi connectivity index (χ0n) is 13.1. The molecule has 0 unspecified atom stereocenters. The predicted molar refractivity (Wildman–Crippen MR) is 102 cm³/mol. The van der Waals surface area contributed by atoms with Gasteiger partial charge in [0.25, 0.3) is 5.91 Å². The number of nitrogens with one attached hydrogen (secondary N) is 1. The summed E-state index contributed by atoms with van der Waals surface area (Å²) in [7, 11) is 0. The molecular weight excluding hydrogens is 378 g/mol. The van der Waals surface area contributed by atoms with Crippen molar-refractivity contribution in [3.8, 4) is 10.6 Å². The van der Waals surface area contributed by atoms with Crippen LogP contribution in [0.1, 0.15) is 17.3 Å². The van der Waals surface area contributed by atoms with Crippen molar-refractivity contribution in [1.82, 2.24) is 20.0 Å². The molecule has 3 heterocycles. The highest BCUT2D eigenvalue weighted by Crippen LogP contribution is 2.33. The standard InChI is InChI=1S/C16H12ClN5OS2/c1-2-22-12-4-3-9(7-10(12)20-21-22)15(23)19-16-18-11(8-24-16)13-5-6-14(17)25-13/h3-8H,2H2,1H3,(H,18,19,23). The molecule has 25 heavy (non-hydrogen) atoms. The number of halogens is 1. The Labute approximate surface area is 156 Å². The average molecular weight is 390 g/mol. The van der Waals surface area contributed by atoms with Crippen LogP contribution in [0.2, 0.25) is 4.34 Å². The molecule has 0 aliphatic carbocycles. The fourth-order valence-electron chi connectivity index (χ4n) is 2.41. The molecule has 0 bridgehead atoms. The molecule has 4 aromatic rings. The number of anilines is 1. The molecule has 0 fully saturated rings. The summed E-state index contributed by atoms with van der Waals surface area (Å²) in [4.78, 5) is 17.9. The molecule has 0 atom stereocenters. The van der Waals surface area contributed by atoms with Crippen LogP contribution in [-0.2, 0) is 6.54 Å². The van der Waals surface area contributed by atoms with Gasteiger partial charge in [-0.3, -0.25) is 10.1 Å². The molecule has 0 spiro atoms.